The quantitative estimate of drug-likeness (QED) is 0.455. The molecule has 3 aromatic carbocycles. The number of aliphatic hydroxyl groups is 1. The molecule has 1 aliphatic heterocycles. The lowest BCUT2D eigenvalue weighted by molar-refractivity contribution is -0.184. The van der Waals surface area contributed by atoms with Crippen LogP contribution >= 0.6 is 11.6 Å². The first-order valence-electron chi connectivity index (χ1n) is 11.0. The van der Waals surface area contributed by atoms with Crippen LogP contribution in [0.4, 0.5) is 0 Å². The number of nitrogens with zero attached hydrogens (tertiary/aromatic N) is 2. The van der Waals surface area contributed by atoms with Gasteiger partial charge in [0.15, 0.2) is 0 Å². The van der Waals surface area contributed by atoms with Crippen molar-refractivity contribution in [1.29, 1.82) is 0 Å². The average Bonchev–Trinajstić information content (AvgIpc) is 3.56. The summed E-state index contributed by atoms with van der Waals surface area (Å²) in [4.78, 5) is 25.5. The number of carboxylic acids is 1. The van der Waals surface area contributed by atoms with Crippen LogP contribution in [0.3, 0.4) is 0 Å². The lowest BCUT2D eigenvalue weighted by Gasteiger charge is -2.36. The monoisotopic (exact) mass is 476 g/mol. The first-order chi connectivity index (χ1) is 16.3. The molecule has 0 bridgehead atoms. The first-order valence-corrected chi connectivity index (χ1v) is 11.4. The Labute approximate surface area is 199 Å². The minimum Gasteiger partial charge on any atom is -0.478 e. The van der Waals surface area contributed by atoms with Gasteiger partial charge in [-0.3, -0.25) is 9.13 Å². The Kier molecular flexibility index (Phi) is 4.55. The van der Waals surface area contributed by atoms with Crippen molar-refractivity contribution in [3.8, 4) is 5.69 Å². The number of aromatic nitrogens is 2. The smallest absolute Gasteiger partial charge is 0.335 e. The molecule has 34 heavy (non-hydrogen) atoms. The third-order valence-electron chi connectivity index (χ3n) is 6.94. The van der Waals surface area contributed by atoms with E-state index < -0.39 is 17.1 Å². The molecule has 1 saturated heterocycles. The topological polar surface area (TPSA) is 93.7 Å². The van der Waals surface area contributed by atoms with E-state index in [9.17, 15) is 19.8 Å². The summed E-state index contributed by atoms with van der Waals surface area (Å²) in [6, 6.07) is 19.4. The summed E-state index contributed by atoms with van der Waals surface area (Å²) >= 11 is 6.32. The van der Waals surface area contributed by atoms with Gasteiger partial charge in [0.2, 0.25) is 0 Å². The van der Waals surface area contributed by atoms with Crippen LogP contribution in [-0.2, 0) is 15.9 Å². The van der Waals surface area contributed by atoms with E-state index in [0.29, 0.717) is 16.2 Å². The van der Waals surface area contributed by atoms with Crippen molar-refractivity contribution < 1.29 is 19.7 Å². The molecule has 1 aliphatic carbocycles. The molecule has 0 amide bonds. The summed E-state index contributed by atoms with van der Waals surface area (Å²) in [5, 5.41) is 20.5. The Morgan fingerprint density at radius 1 is 0.941 bits per heavy atom. The molecule has 2 N–H and O–H groups in total. The van der Waals surface area contributed by atoms with Crippen LogP contribution in [0.1, 0.15) is 34.3 Å². The summed E-state index contributed by atoms with van der Waals surface area (Å²) in [7, 11) is 0. The lowest BCUT2D eigenvalue weighted by Crippen LogP contribution is -2.46. The van der Waals surface area contributed by atoms with Crippen LogP contribution in [0, 0.1) is 0 Å². The van der Waals surface area contributed by atoms with Crippen LogP contribution < -0.4 is 5.69 Å². The number of hydrogen-bond donors (Lipinski definition) is 2. The third-order valence-corrected chi connectivity index (χ3v) is 7.18. The van der Waals surface area contributed by atoms with Gasteiger partial charge in [0.05, 0.1) is 41.0 Å². The van der Waals surface area contributed by atoms with Gasteiger partial charge < -0.3 is 14.9 Å². The maximum absolute atomic E-state index is 13.9. The number of fused-ring (bicyclic) bond motifs is 1. The van der Waals surface area contributed by atoms with Crippen molar-refractivity contribution in [3.63, 3.8) is 0 Å². The zero-order valence-electron chi connectivity index (χ0n) is 18.1. The largest absolute Gasteiger partial charge is 0.478 e. The molecule has 1 saturated carbocycles. The second-order valence-corrected chi connectivity index (χ2v) is 9.51. The van der Waals surface area contributed by atoms with Crippen molar-refractivity contribution in [1.82, 2.24) is 9.13 Å². The van der Waals surface area contributed by atoms with Crippen molar-refractivity contribution in [2.24, 2.45) is 0 Å². The van der Waals surface area contributed by atoms with Gasteiger partial charge in [-0.05, 0) is 66.4 Å². The molecule has 2 heterocycles. The fourth-order valence-electron chi connectivity index (χ4n) is 4.92. The highest BCUT2D eigenvalue weighted by Crippen LogP contribution is 2.50. The molecule has 4 aromatic rings. The van der Waals surface area contributed by atoms with Crippen LogP contribution in [0.5, 0.6) is 0 Å². The molecule has 1 aromatic heterocycles. The summed E-state index contributed by atoms with van der Waals surface area (Å²) in [5.74, 6) is -1.00. The van der Waals surface area contributed by atoms with Gasteiger partial charge >= 0.3 is 11.7 Å². The summed E-state index contributed by atoms with van der Waals surface area (Å²) < 4.78 is 8.53. The van der Waals surface area contributed by atoms with Gasteiger partial charge in [0.25, 0.3) is 0 Å². The maximum Gasteiger partial charge on any atom is 0.335 e. The highest BCUT2D eigenvalue weighted by atomic mass is 35.5. The number of carbonyl (C=O) groups is 1. The molecule has 8 heteroatoms. The van der Waals surface area contributed by atoms with Crippen LogP contribution in [0.25, 0.3) is 16.7 Å². The number of carboxylic acid groups (broad SMARTS) is 1. The normalized spacial score (nSPS) is 17.9. The molecular formula is C26H21ClN2O5. The third kappa shape index (κ3) is 3.05. The van der Waals surface area contributed by atoms with Gasteiger partial charge in [0.1, 0.15) is 5.60 Å². The lowest BCUT2D eigenvalue weighted by atomic mass is 9.92. The van der Waals surface area contributed by atoms with Gasteiger partial charge in [-0.1, -0.05) is 35.9 Å². The zero-order valence-corrected chi connectivity index (χ0v) is 18.8. The van der Waals surface area contributed by atoms with E-state index in [-0.39, 0.29) is 24.5 Å². The van der Waals surface area contributed by atoms with Crippen molar-refractivity contribution in [3.05, 3.63) is 98.9 Å². The molecule has 7 nitrogen and oxygen atoms in total. The SMILES string of the molecule is O=C(O)c1cccc(C2(n3c(=O)n(-c4ccc(C5(O)COC5)cc4)c4cc(Cl)ccc43)CC2)c1. The number of hydrogen-bond acceptors (Lipinski definition) is 4. The van der Waals surface area contributed by atoms with Gasteiger partial charge in [-0.15, -0.1) is 0 Å². The van der Waals surface area contributed by atoms with Crippen LogP contribution in [-0.4, -0.2) is 38.5 Å². The summed E-state index contributed by atoms with van der Waals surface area (Å²) in [6.45, 7) is 0.498. The van der Waals surface area contributed by atoms with E-state index in [2.05, 4.69) is 0 Å². The van der Waals surface area contributed by atoms with Crippen LogP contribution in [0.15, 0.2) is 71.5 Å². The van der Waals surface area contributed by atoms with E-state index in [4.69, 9.17) is 16.3 Å². The Hall–Kier alpha value is -3.39. The molecular weight excluding hydrogens is 456 g/mol. The number of imidazole rings is 1. The fourth-order valence-corrected chi connectivity index (χ4v) is 5.08. The van der Waals surface area contributed by atoms with E-state index >= 15 is 0 Å². The molecule has 0 radical (unpaired) electrons. The Morgan fingerprint density at radius 2 is 1.68 bits per heavy atom. The van der Waals surface area contributed by atoms with E-state index in [1.54, 1.807) is 51.6 Å². The van der Waals surface area contributed by atoms with Crippen molar-refractivity contribution >= 4 is 28.6 Å². The number of rotatable bonds is 5. The standard InChI is InChI=1S/C26H21ClN2O5/c27-19-6-9-21-22(13-19)28(20-7-4-17(5-8-20)26(33)14-34-15-26)24(32)29(21)25(10-11-25)18-3-1-2-16(12-18)23(30)31/h1-9,12-13,33H,10-11,14-15H2,(H,30,31). The van der Waals surface area contributed by atoms with E-state index in [0.717, 1.165) is 29.5 Å². The average molecular weight is 477 g/mol. The van der Waals surface area contributed by atoms with E-state index in [1.165, 1.54) is 0 Å². The Morgan fingerprint density at radius 3 is 2.29 bits per heavy atom. The molecule has 172 valence electrons. The summed E-state index contributed by atoms with van der Waals surface area (Å²) in [6.07, 6.45) is 1.45. The minimum atomic E-state index is -1.00. The predicted molar refractivity (Wildman–Crippen MR) is 127 cm³/mol. The number of aromatic carboxylic acids is 1. The molecule has 0 atom stereocenters. The van der Waals surface area contributed by atoms with Crippen molar-refractivity contribution in [2.45, 2.75) is 24.0 Å². The molecule has 0 unspecified atom stereocenters. The minimum absolute atomic E-state index is 0.192. The predicted octanol–water partition coefficient (Wildman–Crippen LogP) is 3.90. The molecule has 0 spiro atoms. The molecule has 2 aliphatic rings. The number of ether oxygens (including phenoxy) is 1. The van der Waals surface area contributed by atoms with Gasteiger partial charge in [-0.2, -0.15) is 0 Å². The molecule has 2 fully saturated rings. The zero-order chi connectivity index (χ0) is 23.7. The fraction of sp³-hybridized carbons (Fsp3) is 0.231. The second-order valence-electron chi connectivity index (χ2n) is 9.08. The maximum atomic E-state index is 13.9. The number of halogens is 1. The summed E-state index contributed by atoms with van der Waals surface area (Å²) in [5.41, 5.74) is 1.93. The molecule has 6 rings (SSSR count). The van der Waals surface area contributed by atoms with Gasteiger partial charge in [0, 0.05) is 5.02 Å². The first kappa shape index (κ1) is 21.2. The van der Waals surface area contributed by atoms with E-state index in [1.807, 2.05) is 24.3 Å². The van der Waals surface area contributed by atoms with Crippen LogP contribution in [0.2, 0.25) is 5.02 Å². The highest BCUT2D eigenvalue weighted by molar-refractivity contribution is 6.31. The Bertz CT molecular complexity index is 1510. The van der Waals surface area contributed by atoms with Gasteiger partial charge in [-0.25, -0.2) is 9.59 Å². The number of benzene rings is 3. The van der Waals surface area contributed by atoms with Crippen molar-refractivity contribution in [2.75, 3.05) is 13.2 Å². The second kappa shape index (κ2) is 7.30. The Balaban J connectivity index is 1.54. The highest BCUT2D eigenvalue weighted by Gasteiger charge is 2.49.